The maximum Gasteiger partial charge on any atom is 0.252 e. The number of ether oxygens (including phenoxy) is 2. The molecule has 0 unspecified atom stereocenters. The topological polar surface area (TPSA) is 115 Å². The number of hydrogen-bond donors (Lipinski definition) is 1. The van der Waals surface area contributed by atoms with E-state index in [2.05, 4.69) is 21.5 Å². The number of carbonyl (C=O) groups excluding carboxylic acids is 1. The Morgan fingerprint density at radius 3 is 2.78 bits per heavy atom. The summed E-state index contributed by atoms with van der Waals surface area (Å²) in [4.78, 5) is 22.7. The Kier molecular flexibility index (Phi) is 7.10. The average molecular weight is 497 g/mol. The van der Waals surface area contributed by atoms with Crippen molar-refractivity contribution in [3.8, 4) is 11.8 Å². The van der Waals surface area contributed by atoms with Crippen LogP contribution >= 0.6 is 0 Å². The van der Waals surface area contributed by atoms with E-state index in [4.69, 9.17) is 14.5 Å². The first-order valence-electron chi connectivity index (χ1n) is 12.2. The summed E-state index contributed by atoms with van der Waals surface area (Å²) in [5, 5.41) is 17.8. The van der Waals surface area contributed by atoms with E-state index in [1.54, 1.807) is 35.1 Å². The highest BCUT2D eigenvalue weighted by Gasteiger charge is 2.22. The smallest absolute Gasteiger partial charge is 0.252 e. The first-order valence-corrected chi connectivity index (χ1v) is 12.2. The molecule has 1 atom stereocenters. The van der Waals surface area contributed by atoms with Crippen molar-refractivity contribution in [3.63, 3.8) is 0 Å². The molecule has 1 saturated heterocycles. The van der Waals surface area contributed by atoms with Crippen LogP contribution in [0.15, 0.2) is 55.0 Å². The van der Waals surface area contributed by atoms with Crippen molar-refractivity contribution in [2.45, 2.75) is 25.3 Å². The van der Waals surface area contributed by atoms with Gasteiger partial charge in [-0.3, -0.25) is 9.48 Å². The predicted molar refractivity (Wildman–Crippen MR) is 137 cm³/mol. The second-order valence-electron chi connectivity index (χ2n) is 9.25. The number of aryl methyl sites for hydroxylation is 1. The molecule has 4 aromatic rings. The molecule has 0 aliphatic carbocycles. The van der Waals surface area contributed by atoms with Crippen molar-refractivity contribution >= 4 is 16.8 Å². The van der Waals surface area contributed by atoms with Gasteiger partial charge in [0, 0.05) is 55.6 Å². The Bertz CT molecular complexity index is 1470. The van der Waals surface area contributed by atoms with E-state index in [-0.39, 0.29) is 5.91 Å². The monoisotopic (exact) mass is 496 g/mol. The summed E-state index contributed by atoms with van der Waals surface area (Å²) in [7, 11) is 3.34. The number of benzene rings is 2. The number of rotatable bonds is 7. The molecule has 1 aliphatic heterocycles. The molecular formula is C28H28N6O3. The van der Waals surface area contributed by atoms with Gasteiger partial charge in [0.1, 0.15) is 17.6 Å². The fraction of sp³-hybridized carbons (Fsp3) is 0.321. The zero-order valence-corrected chi connectivity index (χ0v) is 20.8. The SMILES string of the molecule is COc1ccc([C@H](NC(=O)c2ccc3cnc(CC4CCOCC4)nc3c2)c2cnn(C)c2)cc1C#N. The van der Waals surface area contributed by atoms with Gasteiger partial charge in [0.25, 0.3) is 5.91 Å². The van der Waals surface area contributed by atoms with Crippen LogP contribution in [0.25, 0.3) is 10.9 Å². The average Bonchev–Trinajstić information content (AvgIpc) is 3.37. The summed E-state index contributed by atoms with van der Waals surface area (Å²) in [6.07, 6.45) is 8.20. The van der Waals surface area contributed by atoms with Crippen LogP contribution in [-0.4, -0.2) is 46.0 Å². The van der Waals surface area contributed by atoms with E-state index < -0.39 is 6.04 Å². The predicted octanol–water partition coefficient (Wildman–Crippen LogP) is 3.73. The van der Waals surface area contributed by atoms with Gasteiger partial charge in [-0.15, -0.1) is 0 Å². The lowest BCUT2D eigenvalue weighted by Gasteiger charge is -2.21. The number of methoxy groups -OCH3 is 1. The largest absolute Gasteiger partial charge is 0.495 e. The molecule has 9 nitrogen and oxygen atoms in total. The summed E-state index contributed by atoms with van der Waals surface area (Å²) in [5.74, 6) is 1.52. The minimum absolute atomic E-state index is 0.255. The van der Waals surface area contributed by atoms with Gasteiger partial charge in [-0.25, -0.2) is 9.97 Å². The number of nitrogens with one attached hydrogen (secondary N) is 1. The molecular weight excluding hydrogens is 468 g/mol. The molecule has 9 heteroatoms. The van der Waals surface area contributed by atoms with Crippen molar-refractivity contribution in [3.05, 3.63) is 83.1 Å². The Morgan fingerprint density at radius 1 is 1.22 bits per heavy atom. The van der Waals surface area contributed by atoms with Gasteiger partial charge in [-0.05, 0) is 48.6 Å². The van der Waals surface area contributed by atoms with Crippen LogP contribution in [0.5, 0.6) is 5.75 Å². The number of amides is 1. The zero-order valence-electron chi connectivity index (χ0n) is 20.8. The van der Waals surface area contributed by atoms with E-state index in [0.29, 0.717) is 22.8 Å². The van der Waals surface area contributed by atoms with E-state index in [1.807, 2.05) is 31.6 Å². The normalized spacial score (nSPS) is 14.7. The quantitative estimate of drug-likeness (QED) is 0.414. The Morgan fingerprint density at radius 2 is 2.05 bits per heavy atom. The third-order valence-electron chi connectivity index (χ3n) is 6.72. The molecule has 1 aliphatic rings. The molecule has 0 saturated carbocycles. The van der Waals surface area contributed by atoms with E-state index in [0.717, 1.165) is 60.3 Å². The van der Waals surface area contributed by atoms with Crippen molar-refractivity contribution in [1.29, 1.82) is 5.26 Å². The third-order valence-corrected chi connectivity index (χ3v) is 6.72. The summed E-state index contributed by atoms with van der Waals surface area (Å²) in [6, 6.07) is 12.4. The van der Waals surface area contributed by atoms with Gasteiger partial charge < -0.3 is 14.8 Å². The number of carbonyl (C=O) groups is 1. The molecule has 0 bridgehead atoms. The molecule has 2 aromatic carbocycles. The lowest BCUT2D eigenvalue weighted by molar-refractivity contribution is 0.0660. The van der Waals surface area contributed by atoms with E-state index in [1.165, 1.54) is 7.11 Å². The van der Waals surface area contributed by atoms with Gasteiger partial charge in [0.15, 0.2) is 0 Å². The molecule has 1 N–H and O–H groups in total. The zero-order chi connectivity index (χ0) is 25.8. The van der Waals surface area contributed by atoms with Crippen LogP contribution in [0, 0.1) is 17.2 Å². The molecule has 1 amide bonds. The molecule has 37 heavy (non-hydrogen) atoms. The maximum atomic E-state index is 13.4. The third kappa shape index (κ3) is 5.44. The lowest BCUT2D eigenvalue weighted by Crippen LogP contribution is -2.29. The van der Waals surface area contributed by atoms with E-state index >= 15 is 0 Å². The van der Waals surface area contributed by atoms with Crippen molar-refractivity contribution in [2.75, 3.05) is 20.3 Å². The number of nitrogens with zero attached hydrogens (tertiary/aromatic N) is 5. The highest BCUT2D eigenvalue weighted by molar-refractivity contribution is 5.98. The number of hydrogen-bond acceptors (Lipinski definition) is 7. The maximum absolute atomic E-state index is 13.4. The van der Waals surface area contributed by atoms with Crippen LogP contribution in [0.1, 0.15) is 51.8 Å². The van der Waals surface area contributed by atoms with Crippen LogP contribution in [0.3, 0.4) is 0 Å². The van der Waals surface area contributed by atoms with E-state index in [9.17, 15) is 10.1 Å². The Labute approximate surface area is 215 Å². The fourth-order valence-electron chi connectivity index (χ4n) is 4.67. The minimum Gasteiger partial charge on any atom is -0.495 e. The van der Waals surface area contributed by atoms with Gasteiger partial charge in [-0.2, -0.15) is 10.4 Å². The van der Waals surface area contributed by atoms with Gasteiger partial charge >= 0.3 is 0 Å². The second kappa shape index (κ2) is 10.8. The van der Waals surface area contributed by atoms with Gasteiger partial charge in [0.2, 0.25) is 0 Å². The fourth-order valence-corrected chi connectivity index (χ4v) is 4.67. The Hall–Kier alpha value is -4.29. The van der Waals surface area contributed by atoms with Crippen molar-refractivity contribution < 1.29 is 14.3 Å². The highest BCUT2D eigenvalue weighted by atomic mass is 16.5. The molecule has 3 heterocycles. The van der Waals surface area contributed by atoms with Gasteiger partial charge in [-0.1, -0.05) is 12.1 Å². The van der Waals surface area contributed by atoms with Crippen LogP contribution < -0.4 is 10.1 Å². The van der Waals surface area contributed by atoms with Crippen LogP contribution in [0.4, 0.5) is 0 Å². The first-order chi connectivity index (χ1) is 18.0. The standard InChI is InChI=1S/C28H28N6O3/c1-34-17-23(16-31-34)27(19-5-6-25(36-2)22(12-19)14-29)33-28(35)20-3-4-21-15-30-26(32-24(21)13-20)11-18-7-9-37-10-8-18/h3-6,12-13,15-18,27H,7-11H2,1-2H3,(H,33,35)/t27-/m0/s1. The molecule has 1 fully saturated rings. The number of fused-ring (bicyclic) bond motifs is 1. The van der Waals surface area contributed by atoms with Crippen LogP contribution in [-0.2, 0) is 18.2 Å². The number of aromatic nitrogens is 4. The summed E-state index contributed by atoms with van der Waals surface area (Å²) < 4.78 is 12.4. The minimum atomic E-state index is -0.510. The summed E-state index contributed by atoms with van der Waals surface area (Å²) >= 11 is 0. The molecule has 188 valence electrons. The first kappa shape index (κ1) is 24.4. The second-order valence-corrected chi connectivity index (χ2v) is 9.25. The van der Waals surface area contributed by atoms with Crippen molar-refractivity contribution in [1.82, 2.24) is 25.1 Å². The number of nitriles is 1. The highest BCUT2D eigenvalue weighted by Crippen LogP contribution is 2.28. The van der Waals surface area contributed by atoms with Crippen LogP contribution in [0.2, 0.25) is 0 Å². The molecule has 2 aromatic heterocycles. The van der Waals surface area contributed by atoms with Crippen molar-refractivity contribution in [2.24, 2.45) is 13.0 Å². The lowest BCUT2D eigenvalue weighted by atomic mass is 9.96. The molecule has 5 rings (SSSR count). The summed E-state index contributed by atoms with van der Waals surface area (Å²) in [5.41, 5.74) is 3.17. The molecule has 0 radical (unpaired) electrons. The van der Waals surface area contributed by atoms with Gasteiger partial charge in [0.05, 0.1) is 30.4 Å². The molecule has 0 spiro atoms. The Balaban J connectivity index is 1.42. The summed E-state index contributed by atoms with van der Waals surface area (Å²) in [6.45, 7) is 1.56.